The average molecular weight is 255 g/mol. The van der Waals surface area contributed by atoms with Crippen molar-refractivity contribution in [2.75, 3.05) is 13.2 Å². The highest BCUT2D eigenvalue weighted by atomic mass is 16.5. The van der Waals surface area contributed by atoms with Crippen molar-refractivity contribution in [3.63, 3.8) is 0 Å². The number of nitrogens with one attached hydrogen (secondary N) is 1. The molecular weight excluding hydrogens is 230 g/mol. The fourth-order valence-corrected chi connectivity index (χ4v) is 1.78. The maximum absolute atomic E-state index is 5.57. The monoisotopic (exact) mass is 255 g/mol. The molecule has 1 aromatic rings. The molecule has 0 aliphatic heterocycles. The highest BCUT2D eigenvalue weighted by molar-refractivity contribution is 4.89. The van der Waals surface area contributed by atoms with E-state index in [0.717, 1.165) is 51.3 Å². The number of nitrogens with zero attached hydrogens (tertiary/aromatic N) is 3. The molecule has 0 radical (unpaired) electrons. The van der Waals surface area contributed by atoms with Gasteiger partial charge in [0.25, 0.3) is 0 Å². The van der Waals surface area contributed by atoms with Crippen LogP contribution in [0.15, 0.2) is 6.33 Å². The van der Waals surface area contributed by atoms with Gasteiger partial charge >= 0.3 is 0 Å². The van der Waals surface area contributed by atoms with Gasteiger partial charge in [-0.05, 0) is 19.3 Å². The lowest BCUT2D eigenvalue weighted by Crippen LogP contribution is -2.38. The van der Waals surface area contributed by atoms with Gasteiger partial charge in [0, 0.05) is 32.2 Å². The Kier molecular flexibility index (Phi) is 7.55. The van der Waals surface area contributed by atoms with Gasteiger partial charge in [0.2, 0.25) is 0 Å². The van der Waals surface area contributed by atoms with Crippen molar-refractivity contribution in [1.29, 1.82) is 0 Å². The molecule has 1 heterocycles. The number of hydrogen-bond acceptors (Lipinski definition) is 5. The van der Waals surface area contributed by atoms with Crippen LogP contribution in [0.25, 0.3) is 0 Å². The van der Waals surface area contributed by atoms with Crippen molar-refractivity contribution in [2.24, 2.45) is 5.84 Å². The minimum Gasteiger partial charge on any atom is -0.381 e. The zero-order valence-corrected chi connectivity index (χ0v) is 11.4. The van der Waals surface area contributed by atoms with Crippen LogP contribution in [-0.2, 0) is 17.7 Å². The van der Waals surface area contributed by atoms with Gasteiger partial charge in [0.1, 0.15) is 12.2 Å². The quantitative estimate of drug-likeness (QED) is 0.369. The third-order valence-corrected chi connectivity index (χ3v) is 2.75. The largest absolute Gasteiger partial charge is 0.381 e. The van der Waals surface area contributed by atoms with E-state index >= 15 is 0 Å². The Morgan fingerprint density at radius 3 is 2.89 bits per heavy atom. The molecule has 6 nitrogen and oxygen atoms in total. The molecule has 1 aromatic heterocycles. The molecule has 3 N–H and O–H groups in total. The smallest absolute Gasteiger partial charge is 0.138 e. The number of rotatable bonds is 10. The molecule has 0 amide bonds. The average Bonchev–Trinajstić information content (AvgIpc) is 2.81. The second kappa shape index (κ2) is 9.02. The van der Waals surface area contributed by atoms with Crippen molar-refractivity contribution in [3.05, 3.63) is 12.2 Å². The summed E-state index contributed by atoms with van der Waals surface area (Å²) in [5.41, 5.74) is 2.83. The molecule has 1 atom stereocenters. The van der Waals surface area contributed by atoms with Gasteiger partial charge in [0.05, 0.1) is 0 Å². The predicted octanol–water partition coefficient (Wildman–Crippen LogP) is 0.879. The molecule has 0 saturated heterocycles. The minimum atomic E-state index is 0.182. The van der Waals surface area contributed by atoms with Crippen LogP contribution in [0.4, 0.5) is 0 Å². The predicted molar refractivity (Wildman–Crippen MR) is 70.9 cm³/mol. The Bertz CT molecular complexity index is 315. The molecule has 0 aliphatic carbocycles. The Morgan fingerprint density at radius 1 is 1.39 bits per heavy atom. The van der Waals surface area contributed by atoms with E-state index in [2.05, 4.69) is 29.4 Å². The van der Waals surface area contributed by atoms with Crippen LogP contribution in [0.1, 0.15) is 38.9 Å². The number of aryl methyl sites for hydroxylation is 1. The highest BCUT2D eigenvalue weighted by Gasteiger charge is 2.12. The summed E-state index contributed by atoms with van der Waals surface area (Å²) in [6, 6.07) is 0.182. The SMILES string of the molecule is CCCOCCC(Cc1ncnn1CCC)NN. The molecule has 0 fully saturated rings. The van der Waals surface area contributed by atoms with Crippen LogP contribution >= 0.6 is 0 Å². The van der Waals surface area contributed by atoms with Crippen LogP contribution in [0.2, 0.25) is 0 Å². The summed E-state index contributed by atoms with van der Waals surface area (Å²) < 4.78 is 7.42. The number of aromatic nitrogens is 3. The summed E-state index contributed by atoms with van der Waals surface area (Å²) in [7, 11) is 0. The third kappa shape index (κ3) is 5.12. The van der Waals surface area contributed by atoms with Crippen LogP contribution < -0.4 is 11.3 Å². The van der Waals surface area contributed by atoms with Crippen LogP contribution in [0, 0.1) is 0 Å². The molecule has 0 spiro atoms. The van der Waals surface area contributed by atoms with E-state index in [1.807, 2.05) is 4.68 Å². The fraction of sp³-hybridized carbons (Fsp3) is 0.833. The Labute approximate surface area is 109 Å². The summed E-state index contributed by atoms with van der Waals surface area (Å²) in [5, 5.41) is 4.21. The fourth-order valence-electron chi connectivity index (χ4n) is 1.78. The third-order valence-electron chi connectivity index (χ3n) is 2.75. The molecule has 0 aliphatic rings. The number of nitrogens with two attached hydrogens (primary N) is 1. The van der Waals surface area contributed by atoms with E-state index in [1.165, 1.54) is 0 Å². The molecule has 0 saturated carbocycles. The lowest BCUT2D eigenvalue weighted by Gasteiger charge is -2.15. The van der Waals surface area contributed by atoms with Gasteiger partial charge in [-0.2, -0.15) is 5.10 Å². The van der Waals surface area contributed by atoms with Gasteiger partial charge in [-0.15, -0.1) is 0 Å². The van der Waals surface area contributed by atoms with E-state index in [-0.39, 0.29) is 6.04 Å². The summed E-state index contributed by atoms with van der Waals surface area (Å²) in [5.74, 6) is 6.55. The zero-order valence-electron chi connectivity index (χ0n) is 11.4. The van der Waals surface area contributed by atoms with Crippen LogP contribution in [-0.4, -0.2) is 34.0 Å². The first-order valence-electron chi connectivity index (χ1n) is 6.72. The number of hydrazine groups is 1. The summed E-state index contributed by atoms with van der Waals surface area (Å²) in [6.45, 7) is 6.67. The van der Waals surface area contributed by atoms with E-state index in [9.17, 15) is 0 Å². The first kappa shape index (κ1) is 15.1. The topological polar surface area (TPSA) is 78.0 Å². The summed E-state index contributed by atoms with van der Waals surface area (Å²) >= 11 is 0. The van der Waals surface area contributed by atoms with Crippen molar-refractivity contribution in [2.45, 2.75) is 52.1 Å². The Morgan fingerprint density at radius 2 is 2.22 bits per heavy atom. The molecule has 1 rings (SSSR count). The zero-order chi connectivity index (χ0) is 13.2. The van der Waals surface area contributed by atoms with Crippen LogP contribution in [0.5, 0.6) is 0 Å². The molecule has 6 heteroatoms. The minimum absolute atomic E-state index is 0.182. The molecule has 0 aromatic carbocycles. The van der Waals surface area contributed by atoms with E-state index in [1.54, 1.807) is 6.33 Å². The molecular formula is C12H25N5O. The maximum Gasteiger partial charge on any atom is 0.138 e. The maximum atomic E-state index is 5.57. The van der Waals surface area contributed by atoms with Gasteiger partial charge in [0.15, 0.2) is 0 Å². The van der Waals surface area contributed by atoms with E-state index in [0.29, 0.717) is 0 Å². The second-order valence-corrected chi connectivity index (χ2v) is 4.37. The Hall–Kier alpha value is -0.980. The molecule has 104 valence electrons. The van der Waals surface area contributed by atoms with Crippen molar-refractivity contribution in [3.8, 4) is 0 Å². The Balaban J connectivity index is 2.39. The van der Waals surface area contributed by atoms with Gasteiger partial charge in [-0.25, -0.2) is 4.98 Å². The van der Waals surface area contributed by atoms with Gasteiger partial charge < -0.3 is 4.74 Å². The van der Waals surface area contributed by atoms with Crippen molar-refractivity contribution in [1.82, 2.24) is 20.2 Å². The molecule has 1 unspecified atom stereocenters. The van der Waals surface area contributed by atoms with Gasteiger partial charge in [-0.1, -0.05) is 13.8 Å². The lowest BCUT2D eigenvalue weighted by molar-refractivity contribution is 0.124. The van der Waals surface area contributed by atoms with Crippen molar-refractivity contribution >= 4 is 0 Å². The van der Waals surface area contributed by atoms with Crippen LogP contribution in [0.3, 0.4) is 0 Å². The normalized spacial score (nSPS) is 12.8. The lowest BCUT2D eigenvalue weighted by atomic mass is 10.1. The first-order chi connectivity index (χ1) is 8.81. The van der Waals surface area contributed by atoms with Gasteiger partial charge in [-0.3, -0.25) is 16.0 Å². The second-order valence-electron chi connectivity index (χ2n) is 4.37. The highest BCUT2D eigenvalue weighted by Crippen LogP contribution is 2.04. The van der Waals surface area contributed by atoms with E-state index in [4.69, 9.17) is 10.6 Å². The van der Waals surface area contributed by atoms with E-state index < -0.39 is 0 Å². The molecule has 0 bridgehead atoms. The number of hydrogen-bond donors (Lipinski definition) is 2. The van der Waals surface area contributed by atoms with Crippen molar-refractivity contribution < 1.29 is 4.74 Å². The molecule has 18 heavy (non-hydrogen) atoms. The summed E-state index contributed by atoms with van der Waals surface area (Å²) in [6.07, 6.45) is 5.37. The summed E-state index contributed by atoms with van der Waals surface area (Å²) in [4.78, 5) is 4.28. The number of ether oxygens (including phenoxy) is 1. The standard InChI is InChI=1S/C12H25N5O/c1-3-6-17-12(14-10-15-17)9-11(16-13)5-8-18-7-4-2/h10-11,16H,3-9,13H2,1-2H3. The first-order valence-corrected chi connectivity index (χ1v) is 6.72.